The largest absolute Gasteiger partial charge is 0.495 e. The Bertz CT molecular complexity index is 971. The number of anilines is 1. The lowest BCUT2D eigenvalue weighted by Crippen LogP contribution is -2.40. The zero-order valence-electron chi connectivity index (χ0n) is 14.9. The minimum atomic E-state index is -3.81. The molecule has 1 N–H and O–H groups in total. The maximum Gasteiger partial charge on any atom is 0.255 e. The number of benzene rings is 2. The van der Waals surface area contributed by atoms with Crippen LogP contribution in [0.4, 0.5) is 5.69 Å². The van der Waals surface area contributed by atoms with Crippen molar-refractivity contribution in [2.24, 2.45) is 0 Å². The van der Waals surface area contributed by atoms with Crippen LogP contribution in [-0.4, -0.2) is 52.0 Å². The molecule has 1 saturated heterocycles. The van der Waals surface area contributed by atoms with Gasteiger partial charge >= 0.3 is 0 Å². The van der Waals surface area contributed by atoms with Crippen LogP contribution < -0.4 is 10.1 Å². The van der Waals surface area contributed by atoms with Crippen LogP contribution >= 0.6 is 23.2 Å². The van der Waals surface area contributed by atoms with Crippen molar-refractivity contribution in [2.45, 2.75) is 4.90 Å². The van der Waals surface area contributed by atoms with Crippen LogP contribution in [0.5, 0.6) is 5.75 Å². The first-order valence-electron chi connectivity index (χ1n) is 8.34. The van der Waals surface area contributed by atoms with Gasteiger partial charge in [0.1, 0.15) is 10.6 Å². The molecule has 150 valence electrons. The number of nitrogens with one attached hydrogen (secondary N) is 1. The summed E-state index contributed by atoms with van der Waals surface area (Å²) in [4.78, 5) is 12.5. The average Bonchev–Trinajstić information content (AvgIpc) is 2.68. The van der Waals surface area contributed by atoms with Gasteiger partial charge in [0.05, 0.1) is 20.3 Å². The summed E-state index contributed by atoms with van der Waals surface area (Å²) in [5, 5.41) is 3.30. The van der Waals surface area contributed by atoms with Crippen LogP contribution in [0, 0.1) is 0 Å². The molecule has 1 aliphatic rings. The number of carbonyl (C=O) groups is 1. The fraction of sp³-hybridized carbons (Fsp3) is 0.278. The molecule has 10 heteroatoms. The van der Waals surface area contributed by atoms with E-state index < -0.39 is 15.9 Å². The molecule has 3 rings (SSSR count). The average molecular weight is 445 g/mol. The normalized spacial score (nSPS) is 15.2. The van der Waals surface area contributed by atoms with E-state index in [-0.39, 0.29) is 29.3 Å². The minimum Gasteiger partial charge on any atom is -0.495 e. The highest BCUT2D eigenvalue weighted by Gasteiger charge is 2.29. The van der Waals surface area contributed by atoms with Crippen LogP contribution in [0.3, 0.4) is 0 Å². The lowest BCUT2D eigenvalue weighted by molar-refractivity contribution is 0.0729. The molecule has 0 bridgehead atoms. The monoisotopic (exact) mass is 444 g/mol. The molecule has 2 aromatic rings. The van der Waals surface area contributed by atoms with Gasteiger partial charge in [-0.3, -0.25) is 4.79 Å². The van der Waals surface area contributed by atoms with Gasteiger partial charge in [0, 0.05) is 34.4 Å². The second-order valence-corrected chi connectivity index (χ2v) is 8.77. The molecule has 0 atom stereocenters. The highest BCUT2D eigenvalue weighted by molar-refractivity contribution is 7.89. The van der Waals surface area contributed by atoms with Gasteiger partial charge < -0.3 is 14.8 Å². The second kappa shape index (κ2) is 8.67. The summed E-state index contributed by atoms with van der Waals surface area (Å²) in [6, 6.07) is 8.87. The molecule has 1 fully saturated rings. The van der Waals surface area contributed by atoms with Crippen molar-refractivity contribution in [1.29, 1.82) is 0 Å². The first-order valence-corrected chi connectivity index (χ1v) is 10.5. The zero-order valence-corrected chi connectivity index (χ0v) is 17.3. The summed E-state index contributed by atoms with van der Waals surface area (Å²) in [6.07, 6.45) is 0. The van der Waals surface area contributed by atoms with Crippen LogP contribution in [0.25, 0.3) is 0 Å². The van der Waals surface area contributed by atoms with Crippen molar-refractivity contribution < 1.29 is 22.7 Å². The summed E-state index contributed by atoms with van der Waals surface area (Å²) in [7, 11) is -2.42. The summed E-state index contributed by atoms with van der Waals surface area (Å²) < 4.78 is 37.8. The standard InChI is InChI=1S/C18H18Cl2N2O5S/c1-26-16-3-2-15(21-18(23)12-8-13(19)10-14(20)9-12)11-17(16)28(24,25)22-4-6-27-7-5-22/h2-3,8-11H,4-7H2,1H3,(H,21,23). The Hall–Kier alpha value is -1.84. The van der Waals surface area contributed by atoms with E-state index in [9.17, 15) is 13.2 Å². The second-order valence-electron chi connectivity index (χ2n) is 5.99. The van der Waals surface area contributed by atoms with Crippen LogP contribution in [0.1, 0.15) is 10.4 Å². The van der Waals surface area contributed by atoms with Gasteiger partial charge in [-0.1, -0.05) is 23.2 Å². The Balaban J connectivity index is 1.91. The number of ether oxygens (including phenoxy) is 2. The number of morpholine rings is 1. The number of halogens is 2. The molecule has 7 nitrogen and oxygen atoms in total. The molecule has 2 aromatic carbocycles. The van der Waals surface area contributed by atoms with Crippen LogP contribution in [0.2, 0.25) is 10.0 Å². The smallest absolute Gasteiger partial charge is 0.255 e. The van der Waals surface area contributed by atoms with Crippen LogP contribution in [-0.2, 0) is 14.8 Å². The topological polar surface area (TPSA) is 84.9 Å². The third kappa shape index (κ3) is 4.59. The molecule has 0 aromatic heterocycles. The highest BCUT2D eigenvalue weighted by Crippen LogP contribution is 2.30. The maximum atomic E-state index is 13.0. The van der Waals surface area contributed by atoms with E-state index in [2.05, 4.69) is 5.32 Å². The third-order valence-corrected chi connectivity index (χ3v) is 6.49. The Kier molecular flexibility index (Phi) is 6.47. The molecule has 0 saturated carbocycles. The molecule has 28 heavy (non-hydrogen) atoms. The fourth-order valence-corrected chi connectivity index (χ4v) is 4.89. The van der Waals surface area contributed by atoms with Gasteiger partial charge in [-0.05, 0) is 36.4 Å². The Morgan fingerprint density at radius 3 is 2.36 bits per heavy atom. The lowest BCUT2D eigenvalue weighted by atomic mass is 10.2. The lowest BCUT2D eigenvalue weighted by Gasteiger charge is -2.26. The van der Waals surface area contributed by atoms with Gasteiger partial charge in [0.2, 0.25) is 10.0 Å². The molecular formula is C18H18Cl2N2O5S. The van der Waals surface area contributed by atoms with Gasteiger partial charge in [0.15, 0.2) is 0 Å². The predicted octanol–water partition coefficient (Wildman–Crippen LogP) is 3.28. The van der Waals surface area contributed by atoms with E-state index in [1.54, 1.807) is 6.07 Å². The van der Waals surface area contributed by atoms with Crippen molar-refractivity contribution >= 4 is 44.8 Å². The minimum absolute atomic E-state index is 0.0289. The van der Waals surface area contributed by atoms with Crippen molar-refractivity contribution in [2.75, 3.05) is 38.7 Å². The summed E-state index contributed by atoms with van der Waals surface area (Å²) in [5.41, 5.74) is 0.555. The van der Waals surface area contributed by atoms with E-state index in [0.717, 1.165) is 0 Å². The van der Waals surface area contributed by atoms with Crippen molar-refractivity contribution in [1.82, 2.24) is 4.31 Å². The van der Waals surface area contributed by atoms with Crippen LogP contribution in [0.15, 0.2) is 41.3 Å². The number of hydrogen-bond acceptors (Lipinski definition) is 5. The summed E-state index contributed by atoms with van der Waals surface area (Å²) in [5.74, 6) is -0.278. The number of nitrogens with zero attached hydrogens (tertiary/aromatic N) is 1. The zero-order chi connectivity index (χ0) is 20.3. The summed E-state index contributed by atoms with van der Waals surface area (Å²) >= 11 is 11.9. The summed E-state index contributed by atoms with van der Waals surface area (Å²) in [6.45, 7) is 1.16. The number of sulfonamides is 1. The SMILES string of the molecule is COc1ccc(NC(=O)c2cc(Cl)cc(Cl)c2)cc1S(=O)(=O)N1CCOCC1. The molecule has 1 aliphatic heterocycles. The molecule has 0 aliphatic carbocycles. The quantitative estimate of drug-likeness (QED) is 0.764. The highest BCUT2D eigenvalue weighted by atomic mass is 35.5. The number of methoxy groups -OCH3 is 1. The predicted molar refractivity (Wildman–Crippen MR) is 107 cm³/mol. The van der Waals surface area contributed by atoms with Gasteiger partial charge in [0.25, 0.3) is 5.91 Å². The fourth-order valence-electron chi connectivity index (χ4n) is 2.77. The molecule has 0 radical (unpaired) electrons. The van der Waals surface area contributed by atoms with E-state index in [1.807, 2.05) is 0 Å². The molecule has 0 spiro atoms. The van der Waals surface area contributed by atoms with Crippen molar-refractivity contribution in [3.63, 3.8) is 0 Å². The van der Waals surface area contributed by atoms with E-state index in [1.165, 1.54) is 41.7 Å². The Morgan fingerprint density at radius 2 is 1.75 bits per heavy atom. The number of rotatable bonds is 5. The number of hydrogen-bond donors (Lipinski definition) is 1. The van der Waals surface area contributed by atoms with E-state index >= 15 is 0 Å². The third-order valence-electron chi connectivity index (χ3n) is 4.13. The molecule has 0 unspecified atom stereocenters. The first-order chi connectivity index (χ1) is 13.3. The van der Waals surface area contributed by atoms with Gasteiger partial charge in [-0.25, -0.2) is 8.42 Å². The number of carbonyl (C=O) groups excluding carboxylic acids is 1. The van der Waals surface area contributed by atoms with Gasteiger partial charge in [-0.2, -0.15) is 4.31 Å². The first kappa shape index (κ1) is 20.9. The molecular weight excluding hydrogens is 427 g/mol. The molecule has 1 heterocycles. The Labute approximate surface area is 173 Å². The maximum absolute atomic E-state index is 13.0. The van der Waals surface area contributed by atoms with E-state index in [0.29, 0.717) is 28.9 Å². The van der Waals surface area contributed by atoms with Gasteiger partial charge in [-0.15, -0.1) is 0 Å². The van der Waals surface area contributed by atoms with Crippen molar-refractivity contribution in [3.05, 3.63) is 52.0 Å². The molecule has 1 amide bonds. The van der Waals surface area contributed by atoms with E-state index in [4.69, 9.17) is 32.7 Å². The number of amides is 1. The van der Waals surface area contributed by atoms with Crippen molar-refractivity contribution in [3.8, 4) is 5.75 Å². The Morgan fingerprint density at radius 1 is 1.11 bits per heavy atom.